The van der Waals surface area contributed by atoms with Crippen LogP contribution in [0.1, 0.15) is 49.8 Å². The predicted octanol–water partition coefficient (Wildman–Crippen LogP) is 5.88. The summed E-state index contributed by atoms with van der Waals surface area (Å²) in [5.74, 6) is -0.338. The third-order valence-electron chi connectivity index (χ3n) is 7.13. The molecule has 1 fully saturated rings. The highest BCUT2D eigenvalue weighted by Crippen LogP contribution is 2.50. The number of carbonyl (C=O) groups is 1. The van der Waals surface area contributed by atoms with Crippen LogP contribution in [0.2, 0.25) is 0 Å². The van der Waals surface area contributed by atoms with Crippen molar-refractivity contribution in [1.82, 2.24) is 10.2 Å². The summed E-state index contributed by atoms with van der Waals surface area (Å²) in [5.41, 5.74) is -5.89. The maximum Gasteiger partial charge on any atom is 0.430 e. The Morgan fingerprint density at radius 3 is 2.00 bits per heavy atom. The number of amides is 2. The molecule has 0 atom stereocenters. The molecule has 0 bridgehead atoms. The zero-order valence-corrected chi connectivity index (χ0v) is 22.7. The molecule has 0 spiro atoms. The molecule has 0 unspecified atom stereocenters. The SMILES string of the molecule is CC(C)(O)CCNC(=O)Nc1ccc(CC2CCN(Cc3ccc(C(O)(C(F)(F)F)C(F)(F)F)cc3)CC2)cc1F. The van der Waals surface area contributed by atoms with Crippen LogP contribution in [-0.2, 0) is 18.6 Å². The van der Waals surface area contributed by atoms with Crippen molar-refractivity contribution >= 4 is 11.7 Å². The maximum absolute atomic E-state index is 14.6. The van der Waals surface area contributed by atoms with E-state index in [0.717, 1.165) is 30.5 Å². The lowest BCUT2D eigenvalue weighted by Crippen LogP contribution is -2.53. The van der Waals surface area contributed by atoms with Crippen LogP contribution in [0, 0.1) is 11.7 Å². The van der Waals surface area contributed by atoms with E-state index in [4.69, 9.17) is 0 Å². The van der Waals surface area contributed by atoms with E-state index in [9.17, 15) is 45.7 Å². The monoisotopic (exact) mass is 593 g/mol. The molecule has 0 aromatic heterocycles. The van der Waals surface area contributed by atoms with Crippen LogP contribution in [0.15, 0.2) is 42.5 Å². The normalized spacial score (nSPS) is 16.1. The summed E-state index contributed by atoms with van der Waals surface area (Å²) >= 11 is 0. The van der Waals surface area contributed by atoms with E-state index >= 15 is 0 Å². The van der Waals surface area contributed by atoms with Gasteiger partial charge in [-0.3, -0.25) is 4.90 Å². The van der Waals surface area contributed by atoms with Gasteiger partial charge in [-0.15, -0.1) is 0 Å². The maximum atomic E-state index is 14.6. The van der Waals surface area contributed by atoms with Gasteiger partial charge in [0.25, 0.3) is 5.60 Å². The first-order valence-electron chi connectivity index (χ1n) is 13.1. The number of carbonyl (C=O) groups excluding carboxylic acids is 1. The average Bonchev–Trinajstić information content (AvgIpc) is 2.85. The van der Waals surface area contributed by atoms with Crippen LogP contribution in [0.25, 0.3) is 0 Å². The van der Waals surface area contributed by atoms with E-state index in [1.807, 2.05) is 4.90 Å². The first-order chi connectivity index (χ1) is 18.9. The molecule has 0 radical (unpaired) electrons. The molecule has 1 saturated heterocycles. The number of piperidine rings is 1. The summed E-state index contributed by atoms with van der Waals surface area (Å²) in [6, 6.07) is 7.59. The van der Waals surface area contributed by atoms with Gasteiger partial charge >= 0.3 is 18.4 Å². The van der Waals surface area contributed by atoms with Crippen molar-refractivity contribution in [1.29, 1.82) is 0 Å². The molecule has 4 N–H and O–H groups in total. The Hall–Kier alpha value is -2.90. The van der Waals surface area contributed by atoms with Gasteiger partial charge in [-0.1, -0.05) is 30.3 Å². The van der Waals surface area contributed by atoms with Crippen molar-refractivity contribution in [3.05, 3.63) is 65.0 Å². The lowest BCUT2D eigenvalue weighted by Gasteiger charge is -2.33. The van der Waals surface area contributed by atoms with Gasteiger partial charge in [-0.2, -0.15) is 26.3 Å². The second kappa shape index (κ2) is 12.5. The molecule has 2 aromatic rings. The van der Waals surface area contributed by atoms with Gasteiger partial charge in [-0.25, -0.2) is 9.18 Å². The van der Waals surface area contributed by atoms with Crippen LogP contribution in [0.5, 0.6) is 0 Å². The molecule has 6 nitrogen and oxygen atoms in total. The number of alkyl halides is 6. The van der Waals surface area contributed by atoms with Crippen LogP contribution in [0.3, 0.4) is 0 Å². The van der Waals surface area contributed by atoms with Gasteiger partial charge in [0, 0.05) is 18.7 Å². The fraction of sp³-hybridized carbons (Fsp3) is 0.536. The second-order valence-corrected chi connectivity index (χ2v) is 11.1. The first-order valence-corrected chi connectivity index (χ1v) is 13.1. The van der Waals surface area contributed by atoms with Crippen molar-refractivity contribution in [2.45, 2.75) is 69.6 Å². The lowest BCUT2D eigenvalue weighted by molar-refractivity contribution is -0.376. The van der Waals surface area contributed by atoms with Crippen molar-refractivity contribution in [2.24, 2.45) is 5.92 Å². The van der Waals surface area contributed by atoms with Crippen molar-refractivity contribution < 1.29 is 45.7 Å². The van der Waals surface area contributed by atoms with E-state index < -0.39 is 41.0 Å². The van der Waals surface area contributed by atoms with Gasteiger partial charge in [-0.05, 0) is 81.8 Å². The minimum absolute atomic E-state index is 0.0271. The van der Waals surface area contributed by atoms with E-state index in [1.54, 1.807) is 19.9 Å². The number of urea groups is 1. The lowest BCUT2D eigenvalue weighted by atomic mass is 9.89. The molecule has 228 valence electrons. The highest BCUT2D eigenvalue weighted by atomic mass is 19.4. The Morgan fingerprint density at radius 2 is 1.49 bits per heavy atom. The standard InChI is InChI=1S/C28H34F7N3O3/c1-25(2,40)11-12-36-24(39)37-23-8-5-20(16-22(23)29)15-18-9-13-38(14-10-18)17-19-3-6-21(7-4-19)26(41,27(30,31)32)28(33,34)35/h3-8,16,18,40-41H,9-15,17H2,1-2H3,(H2,36,37,39). The number of anilines is 1. The topological polar surface area (TPSA) is 84.8 Å². The van der Waals surface area contributed by atoms with Gasteiger partial charge < -0.3 is 20.8 Å². The smallest absolute Gasteiger partial charge is 0.390 e. The van der Waals surface area contributed by atoms with Gasteiger partial charge in [0.15, 0.2) is 0 Å². The number of nitrogens with zero attached hydrogens (tertiary/aromatic N) is 1. The van der Waals surface area contributed by atoms with Crippen molar-refractivity contribution in [3.8, 4) is 0 Å². The Labute approximate surface area is 233 Å². The third kappa shape index (κ3) is 8.55. The number of benzene rings is 2. The van der Waals surface area contributed by atoms with Gasteiger partial charge in [0.2, 0.25) is 0 Å². The highest BCUT2D eigenvalue weighted by molar-refractivity contribution is 5.89. The molecular formula is C28H34F7N3O3. The largest absolute Gasteiger partial charge is 0.430 e. The summed E-state index contributed by atoms with van der Waals surface area (Å²) in [4.78, 5) is 14.0. The Bertz CT molecular complexity index is 1160. The number of rotatable bonds is 9. The third-order valence-corrected chi connectivity index (χ3v) is 7.13. The summed E-state index contributed by atoms with van der Waals surface area (Å²) < 4.78 is 93.1. The zero-order valence-electron chi connectivity index (χ0n) is 22.7. The number of halogens is 7. The Balaban J connectivity index is 1.50. The Kier molecular flexibility index (Phi) is 9.97. The van der Waals surface area contributed by atoms with Gasteiger partial charge in [0.05, 0.1) is 11.3 Å². The molecule has 1 heterocycles. The molecule has 3 rings (SSSR count). The molecule has 2 amide bonds. The quantitative estimate of drug-likeness (QED) is 0.274. The average molecular weight is 594 g/mol. The highest BCUT2D eigenvalue weighted by Gasteiger charge is 2.71. The number of hydrogen-bond acceptors (Lipinski definition) is 4. The molecule has 0 saturated carbocycles. The van der Waals surface area contributed by atoms with Crippen molar-refractivity contribution in [2.75, 3.05) is 25.0 Å². The van der Waals surface area contributed by atoms with Crippen LogP contribution < -0.4 is 10.6 Å². The number of nitrogens with one attached hydrogen (secondary N) is 2. The summed E-state index contributed by atoms with van der Waals surface area (Å²) in [5, 5.41) is 24.2. The molecule has 2 aromatic carbocycles. The number of hydrogen-bond donors (Lipinski definition) is 4. The number of aliphatic hydroxyl groups is 2. The van der Waals surface area contributed by atoms with E-state index in [-0.39, 0.29) is 18.2 Å². The minimum Gasteiger partial charge on any atom is -0.390 e. The van der Waals surface area contributed by atoms with Crippen LogP contribution in [-0.4, -0.2) is 58.7 Å². The zero-order chi connectivity index (χ0) is 30.6. The van der Waals surface area contributed by atoms with E-state index in [1.165, 1.54) is 12.1 Å². The van der Waals surface area contributed by atoms with E-state index in [0.29, 0.717) is 50.2 Å². The first kappa shape index (κ1) is 32.6. The summed E-state index contributed by atoms with van der Waals surface area (Å²) in [6.07, 6.45) is -9.41. The molecule has 1 aliphatic rings. The molecular weight excluding hydrogens is 559 g/mol. The number of likely N-dealkylation sites (tertiary alicyclic amines) is 1. The Morgan fingerprint density at radius 1 is 0.927 bits per heavy atom. The molecule has 1 aliphatic heterocycles. The molecule has 13 heteroatoms. The van der Waals surface area contributed by atoms with Crippen LogP contribution >= 0.6 is 0 Å². The van der Waals surface area contributed by atoms with E-state index in [2.05, 4.69) is 10.6 Å². The van der Waals surface area contributed by atoms with Crippen LogP contribution in [0.4, 0.5) is 41.2 Å². The molecule has 0 aliphatic carbocycles. The van der Waals surface area contributed by atoms with Crippen molar-refractivity contribution in [3.63, 3.8) is 0 Å². The minimum atomic E-state index is -5.93. The predicted molar refractivity (Wildman–Crippen MR) is 138 cm³/mol. The summed E-state index contributed by atoms with van der Waals surface area (Å²) in [6.45, 7) is 5.03. The fourth-order valence-electron chi connectivity index (χ4n) is 4.72. The second-order valence-electron chi connectivity index (χ2n) is 11.1. The summed E-state index contributed by atoms with van der Waals surface area (Å²) in [7, 11) is 0. The molecule has 41 heavy (non-hydrogen) atoms. The van der Waals surface area contributed by atoms with Gasteiger partial charge in [0.1, 0.15) is 5.82 Å². The fourth-order valence-corrected chi connectivity index (χ4v) is 4.72.